The van der Waals surface area contributed by atoms with E-state index in [-0.39, 0.29) is 0 Å². The van der Waals surface area contributed by atoms with Crippen molar-refractivity contribution in [3.63, 3.8) is 0 Å². The maximum Gasteiger partial charge on any atom is 0.0940 e. The molecule has 0 saturated carbocycles. The molecule has 5 heteroatoms. The molecule has 1 aromatic carbocycles. The zero-order chi connectivity index (χ0) is 16.9. The largest absolute Gasteiger partial charge is 0.381 e. The third-order valence-corrected chi connectivity index (χ3v) is 4.64. The summed E-state index contributed by atoms with van der Waals surface area (Å²) in [6, 6.07) is 8.38. The van der Waals surface area contributed by atoms with E-state index < -0.39 is 0 Å². The van der Waals surface area contributed by atoms with Crippen molar-refractivity contribution < 1.29 is 4.74 Å². The number of rotatable bonds is 5. The predicted molar refractivity (Wildman–Crippen MR) is 94.8 cm³/mol. The Kier molecular flexibility index (Phi) is 5.34. The summed E-state index contributed by atoms with van der Waals surface area (Å²) in [5, 5.41) is 14.1. The average molecular weight is 342 g/mol. The van der Waals surface area contributed by atoms with E-state index >= 15 is 0 Å². The maximum atomic E-state index is 8.90. The van der Waals surface area contributed by atoms with Crippen LogP contribution in [0.4, 0.5) is 0 Å². The fourth-order valence-electron chi connectivity index (χ4n) is 3.00. The number of aromatic nitrogens is 2. The van der Waals surface area contributed by atoms with Gasteiger partial charge in [0, 0.05) is 35.6 Å². The first kappa shape index (κ1) is 16.8. The second-order valence-corrected chi connectivity index (χ2v) is 6.51. The summed E-state index contributed by atoms with van der Waals surface area (Å²) in [6.07, 6.45) is 7.38. The highest BCUT2D eigenvalue weighted by atomic mass is 35.5. The topological polar surface area (TPSA) is 50.8 Å². The number of ether oxygens (including phenoxy) is 1. The highest BCUT2D eigenvalue weighted by Gasteiger charge is 2.17. The van der Waals surface area contributed by atoms with Gasteiger partial charge >= 0.3 is 0 Å². The van der Waals surface area contributed by atoms with Gasteiger partial charge in [-0.25, -0.2) is 0 Å². The van der Waals surface area contributed by atoms with Crippen molar-refractivity contribution in [1.29, 1.82) is 5.26 Å². The van der Waals surface area contributed by atoms with Gasteiger partial charge in [-0.15, -0.1) is 0 Å². The average Bonchev–Trinajstić information content (AvgIpc) is 3.11. The Morgan fingerprint density at radius 3 is 2.96 bits per heavy atom. The van der Waals surface area contributed by atoms with E-state index in [0.29, 0.717) is 23.1 Å². The first-order chi connectivity index (χ1) is 11.7. The highest BCUT2D eigenvalue weighted by Crippen LogP contribution is 2.30. The van der Waals surface area contributed by atoms with Crippen LogP contribution < -0.4 is 0 Å². The van der Waals surface area contributed by atoms with Crippen LogP contribution in [0.1, 0.15) is 30.9 Å². The van der Waals surface area contributed by atoms with Gasteiger partial charge in [-0.1, -0.05) is 24.2 Å². The molecule has 0 N–H and O–H groups in total. The lowest BCUT2D eigenvalue weighted by Crippen LogP contribution is -2.19. The van der Waals surface area contributed by atoms with Gasteiger partial charge in [-0.05, 0) is 48.9 Å². The van der Waals surface area contributed by atoms with E-state index in [0.717, 1.165) is 49.2 Å². The second kappa shape index (κ2) is 7.65. The van der Waals surface area contributed by atoms with E-state index in [1.54, 1.807) is 0 Å². The molecule has 2 aromatic rings. The molecule has 1 aromatic heterocycles. The van der Waals surface area contributed by atoms with Crippen molar-refractivity contribution in [1.82, 2.24) is 9.78 Å². The molecule has 1 fully saturated rings. The van der Waals surface area contributed by atoms with Crippen molar-refractivity contribution >= 4 is 11.6 Å². The molecule has 4 nitrogen and oxygen atoms in total. The zero-order valence-electron chi connectivity index (χ0n) is 13.5. The van der Waals surface area contributed by atoms with Gasteiger partial charge in [-0.3, -0.25) is 4.68 Å². The highest BCUT2D eigenvalue weighted by molar-refractivity contribution is 6.30. The fourth-order valence-corrected chi connectivity index (χ4v) is 3.18. The Balaban J connectivity index is 1.85. The standard InChI is InChI=1S/C19H20ClN3O/c1-14(11-21)2-3-15-4-5-17(20)10-19(15)16-12-22-23(13-16)18-6-8-24-9-7-18/h4-5,10,12-13,18H,1-3,6-9H2. The number of allylic oxidation sites excluding steroid dienone is 1. The van der Waals surface area contributed by atoms with E-state index in [2.05, 4.69) is 23.9 Å². The van der Waals surface area contributed by atoms with Crippen molar-refractivity contribution in [2.24, 2.45) is 0 Å². The van der Waals surface area contributed by atoms with Crippen LogP contribution in [0.5, 0.6) is 0 Å². The summed E-state index contributed by atoms with van der Waals surface area (Å²) < 4.78 is 7.46. The molecule has 1 aliphatic rings. The summed E-state index contributed by atoms with van der Waals surface area (Å²) in [5.41, 5.74) is 3.88. The molecular weight excluding hydrogens is 322 g/mol. The third kappa shape index (κ3) is 3.87. The van der Waals surface area contributed by atoms with Gasteiger partial charge < -0.3 is 4.74 Å². The molecule has 1 aliphatic heterocycles. The molecule has 0 amide bonds. The molecule has 3 rings (SSSR count). The van der Waals surface area contributed by atoms with Crippen LogP contribution in [-0.2, 0) is 11.2 Å². The molecule has 0 bridgehead atoms. The Morgan fingerprint density at radius 2 is 2.21 bits per heavy atom. The third-order valence-electron chi connectivity index (χ3n) is 4.40. The van der Waals surface area contributed by atoms with Crippen molar-refractivity contribution in [2.75, 3.05) is 13.2 Å². The molecule has 0 atom stereocenters. The van der Waals surface area contributed by atoms with Crippen LogP contribution in [0.25, 0.3) is 11.1 Å². The summed E-state index contributed by atoms with van der Waals surface area (Å²) in [7, 11) is 0. The summed E-state index contributed by atoms with van der Waals surface area (Å²) in [5.74, 6) is 0. The first-order valence-electron chi connectivity index (χ1n) is 8.16. The lowest BCUT2D eigenvalue weighted by Gasteiger charge is -2.22. The predicted octanol–water partition coefficient (Wildman–Crippen LogP) is 4.57. The van der Waals surface area contributed by atoms with E-state index in [9.17, 15) is 0 Å². The van der Waals surface area contributed by atoms with E-state index in [1.165, 1.54) is 0 Å². The normalized spacial score (nSPS) is 15.2. The van der Waals surface area contributed by atoms with Crippen LogP contribution in [-0.4, -0.2) is 23.0 Å². The van der Waals surface area contributed by atoms with Crippen LogP contribution in [0.2, 0.25) is 5.02 Å². The molecule has 2 heterocycles. The summed E-state index contributed by atoms with van der Waals surface area (Å²) in [4.78, 5) is 0. The molecule has 0 spiro atoms. The number of nitriles is 1. The summed E-state index contributed by atoms with van der Waals surface area (Å²) >= 11 is 6.20. The lowest BCUT2D eigenvalue weighted by atomic mass is 9.97. The van der Waals surface area contributed by atoms with Gasteiger partial charge in [0.25, 0.3) is 0 Å². The van der Waals surface area contributed by atoms with Gasteiger partial charge in [0.1, 0.15) is 0 Å². The van der Waals surface area contributed by atoms with Crippen molar-refractivity contribution in [3.05, 3.63) is 53.3 Å². The van der Waals surface area contributed by atoms with Crippen LogP contribution in [0.3, 0.4) is 0 Å². The lowest BCUT2D eigenvalue weighted by molar-refractivity contribution is 0.0662. The SMILES string of the molecule is C=C(C#N)CCc1ccc(Cl)cc1-c1cnn(C2CCOCC2)c1. The second-order valence-electron chi connectivity index (χ2n) is 6.07. The number of hydrogen-bond acceptors (Lipinski definition) is 3. The van der Waals surface area contributed by atoms with Gasteiger partial charge in [0.2, 0.25) is 0 Å². The van der Waals surface area contributed by atoms with Gasteiger partial charge in [0.15, 0.2) is 0 Å². The molecule has 0 aliphatic carbocycles. The molecular formula is C19H20ClN3O. The van der Waals surface area contributed by atoms with E-state index in [4.69, 9.17) is 21.6 Å². The molecule has 124 valence electrons. The Bertz CT molecular complexity index is 769. The summed E-state index contributed by atoms with van der Waals surface area (Å²) in [6.45, 7) is 5.34. The van der Waals surface area contributed by atoms with Crippen molar-refractivity contribution in [3.8, 4) is 17.2 Å². The molecule has 1 saturated heterocycles. The number of benzene rings is 1. The quantitative estimate of drug-likeness (QED) is 0.748. The maximum absolute atomic E-state index is 8.90. The molecule has 24 heavy (non-hydrogen) atoms. The van der Waals surface area contributed by atoms with Crippen LogP contribution in [0, 0.1) is 11.3 Å². The minimum atomic E-state index is 0.397. The number of hydrogen-bond donors (Lipinski definition) is 0. The number of halogens is 1. The Morgan fingerprint density at radius 1 is 1.42 bits per heavy atom. The van der Waals surface area contributed by atoms with E-state index in [1.807, 2.05) is 29.1 Å². The number of aryl methyl sites for hydroxylation is 1. The van der Waals surface area contributed by atoms with Gasteiger partial charge in [0.05, 0.1) is 18.3 Å². The van der Waals surface area contributed by atoms with Crippen LogP contribution in [0.15, 0.2) is 42.7 Å². The fraction of sp³-hybridized carbons (Fsp3) is 0.368. The Hall–Kier alpha value is -2.09. The van der Waals surface area contributed by atoms with Crippen molar-refractivity contribution in [2.45, 2.75) is 31.7 Å². The smallest absolute Gasteiger partial charge is 0.0940 e. The minimum Gasteiger partial charge on any atom is -0.381 e. The molecule has 0 unspecified atom stereocenters. The van der Waals surface area contributed by atoms with Crippen LogP contribution >= 0.6 is 11.6 Å². The molecule has 0 radical (unpaired) electrons. The number of nitrogens with zero attached hydrogens (tertiary/aromatic N) is 3. The zero-order valence-corrected chi connectivity index (χ0v) is 14.3. The minimum absolute atomic E-state index is 0.397. The first-order valence-corrected chi connectivity index (χ1v) is 8.54. The van der Waals surface area contributed by atoms with Gasteiger partial charge in [-0.2, -0.15) is 10.4 Å². The monoisotopic (exact) mass is 341 g/mol. The Labute approximate surface area is 147 Å².